The van der Waals surface area contributed by atoms with E-state index in [-0.39, 0.29) is 6.61 Å². The predicted molar refractivity (Wildman–Crippen MR) is 59.5 cm³/mol. The van der Waals surface area contributed by atoms with Crippen LogP contribution in [0.1, 0.15) is 18.6 Å². The molecule has 0 bridgehead atoms. The molecule has 1 atom stereocenters. The van der Waals surface area contributed by atoms with Crippen LogP contribution in [0.5, 0.6) is 5.75 Å². The van der Waals surface area contributed by atoms with Crippen LogP contribution in [0.2, 0.25) is 0 Å². The summed E-state index contributed by atoms with van der Waals surface area (Å²) in [6, 6.07) is 5.20. The highest BCUT2D eigenvalue weighted by atomic mass is 79.9. The van der Waals surface area contributed by atoms with Crippen LogP contribution in [0.15, 0.2) is 22.7 Å². The lowest BCUT2D eigenvalue weighted by Gasteiger charge is -2.12. The quantitative estimate of drug-likeness (QED) is 0.870. The molecule has 1 amide bonds. The van der Waals surface area contributed by atoms with Gasteiger partial charge in [-0.1, -0.05) is 22.0 Å². The molecule has 4 nitrogen and oxygen atoms in total. The van der Waals surface area contributed by atoms with Crippen LogP contribution in [0, 0.1) is 0 Å². The molecule has 0 saturated heterocycles. The van der Waals surface area contributed by atoms with Crippen LogP contribution in [0.3, 0.4) is 0 Å². The van der Waals surface area contributed by atoms with Crippen molar-refractivity contribution >= 4 is 21.8 Å². The van der Waals surface area contributed by atoms with Crippen LogP contribution in [0.4, 0.5) is 0 Å². The normalized spacial score (nSPS) is 12.2. The summed E-state index contributed by atoms with van der Waals surface area (Å²) in [7, 11) is 0. The summed E-state index contributed by atoms with van der Waals surface area (Å²) < 4.78 is 5.99. The Hall–Kier alpha value is -1.07. The standard InChI is InChI=1S/C10H12BrNO3/c1-6(13)8-3-2-7(11)4-9(8)15-5-10(12)14/h2-4,6,13H,5H2,1H3,(H2,12,14)/t6-/m0/s1. The van der Waals surface area contributed by atoms with Gasteiger partial charge in [-0.3, -0.25) is 4.79 Å². The van der Waals surface area contributed by atoms with E-state index in [0.717, 1.165) is 4.47 Å². The van der Waals surface area contributed by atoms with Crippen LogP contribution in [-0.4, -0.2) is 17.6 Å². The summed E-state index contributed by atoms with van der Waals surface area (Å²) in [5, 5.41) is 9.45. The average molecular weight is 274 g/mol. The third-order valence-corrected chi connectivity index (χ3v) is 2.29. The van der Waals surface area contributed by atoms with Crippen molar-refractivity contribution in [1.29, 1.82) is 0 Å². The second kappa shape index (κ2) is 5.14. The summed E-state index contributed by atoms with van der Waals surface area (Å²) in [5.74, 6) is -0.0929. The van der Waals surface area contributed by atoms with E-state index < -0.39 is 12.0 Å². The highest BCUT2D eigenvalue weighted by Crippen LogP contribution is 2.28. The van der Waals surface area contributed by atoms with E-state index in [1.165, 1.54) is 0 Å². The fourth-order valence-corrected chi connectivity index (χ4v) is 1.47. The number of ether oxygens (including phenoxy) is 1. The van der Waals surface area contributed by atoms with Gasteiger partial charge in [0.15, 0.2) is 6.61 Å². The van der Waals surface area contributed by atoms with E-state index >= 15 is 0 Å². The molecule has 0 aromatic heterocycles. The molecule has 0 saturated carbocycles. The van der Waals surface area contributed by atoms with E-state index in [0.29, 0.717) is 11.3 Å². The zero-order valence-corrected chi connectivity index (χ0v) is 9.82. The lowest BCUT2D eigenvalue weighted by Crippen LogP contribution is -2.20. The molecule has 0 heterocycles. The number of carbonyl (C=O) groups is 1. The van der Waals surface area contributed by atoms with Crippen molar-refractivity contribution in [3.63, 3.8) is 0 Å². The van der Waals surface area contributed by atoms with E-state index in [2.05, 4.69) is 15.9 Å². The molecule has 0 aliphatic carbocycles. The van der Waals surface area contributed by atoms with Gasteiger partial charge in [0.2, 0.25) is 0 Å². The molecule has 0 aliphatic heterocycles. The third kappa shape index (κ3) is 3.53. The Kier molecular flexibility index (Phi) is 4.11. The molecule has 0 fully saturated rings. The molecule has 3 N–H and O–H groups in total. The summed E-state index contributed by atoms with van der Waals surface area (Å²) >= 11 is 3.27. The Balaban J connectivity index is 2.91. The van der Waals surface area contributed by atoms with Crippen molar-refractivity contribution in [1.82, 2.24) is 0 Å². The zero-order valence-electron chi connectivity index (χ0n) is 8.24. The van der Waals surface area contributed by atoms with Crippen LogP contribution >= 0.6 is 15.9 Å². The topological polar surface area (TPSA) is 72.6 Å². The van der Waals surface area contributed by atoms with E-state index in [1.807, 2.05) is 0 Å². The first-order valence-electron chi connectivity index (χ1n) is 4.39. The average Bonchev–Trinajstić information content (AvgIpc) is 2.14. The van der Waals surface area contributed by atoms with Crippen LogP contribution < -0.4 is 10.5 Å². The second-order valence-corrected chi connectivity index (χ2v) is 4.03. The van der Waals surface area contributed by atoms with Crippen LogP contribution in [0.25, 0.3) is 0 Å². The number of aliphatic hydroxyl groups is 1. The summed E-state index contributed by atoms with van der Waals surface area (Å²) in [4.78, 5) is 10.6. The van der Waals surface area contributed by atoms with Gasteiger partial charge in [-0.25, -0.2) is 0 Å². The maximum Gasteiger partial charge on any atom is 0.255 e. The molecule has 15 heavy (non-hydrogen) atoms. The minimum atomic E-state index is -0.652. The number of nitrogens with two attached hydrogens (primary N) is 1. The number of benzene rings is 1. The second-order valence-electron chi connectivity index (χ2n) is 3.11. The lowest BCUT2D eigenvalue weighted by atomic mass is 10.1. The monoisotopic (exact) mass is 273 g/mol. The molecule has 1 aromatic carbocycles. The Morgan fingerprint density at radius 2 is 2.33 bits per heavy atom. The van der Waals surface area contributed by atoms with E-state index in [9.17, 15) is 9.90 Å². The van der Waals surface area contributed by atoms with Crippen molar-refractivity contribution in [2.75, 3.05) is 6.61 Å². The van der Waals surface area contributed by atoms with Gasteiger partial charge in [0.1, 0.15) is 5.75 Å². The predicted octanol–water partition coefficient (Wildman–Crippen LogP) is 1.37. The maximum absolute atomic E-state index is 10.6. The molecule has 82 valence electrons. The molecule has 0 spiro atoms. The molecular weight excluding hydrogens is 262 g/mol. The largest absolute Gasteiger partial charge is 0.483 e. The SMILES string of the molecule is C[C@H](O)c1ccc(Br)cc1OCC(N)=O. The molecule has 1 rings (SSSR count). The van der Waals surface area contributed by atoms with E-state index in [1.54, 1.807) is 25.1 Å². The summed E-state index contributed by atoms with van der Waals surface area (Å²) in [6.45, 7) is 1.43. The number of hydrogen-bond donors (Lipinski definition) is 2. The highest BCUT2D eigenvalue weighted by molar-refractivity contribution is 9.10. The number of primary amides is 1. The Labute approximate surface area is 96.2 Å². The van der Waals surface area contributed by atoms with Gasteiger partial charge >= 0.3 is 0 Å². The lowest BCUT2D eigenvalue weighted by molar-refractivity contribution is -0.120. The van der Waals surface area contributed by atoms with Gasteiger partial charge in [0.05, 0.1) is 6.10 Å². The number of aliphatic hydroxyl groups excluding tert-OH is 1. The molecule has 0 radical (unpaired) electrons. The first kappa shape index (κ1) is 12.0. The summed E-state index contributed by atoms with van der Waals surface area (Å²) in [5.41, 5.74) is 5.59. The van der Waals surface area contributed by atoms with Gasteiger partial charge in [-0.15, -0.1) is 0 Å². The minimum absolute atomic E-state index is 0.198. The number of rotatable bonds is 4. The first-order chi connectivity index (χ1) is 7.00. The molecule has 5 heteroatoms. The van der Waals surface area contributed by atoms with Crippen molar-refractivity contribution in [3.8, 4) is 5.75 Å². The molecule has 1 aromatic rings. The van der Waals surface area contributed by atoms with Crippen molar-refractivity contribution in [3.05, 3.63) is 28.2 Å². The van der Waals surface area contributed by atoms with Gasteiger partial charge in [0, 0.05) is 10.0 Å². The van der Waals surface area contributed by atoms with Crippen LogP contribution in [-0.2, 0) is 4.79 Å². The zero-order chi connectivity index (χ0) is 11.4. The van der Waals surface area contributed by atoms with E-state index in [4.69, 9.17) is 10.5 Å². The number of hydrogen-bond acceptors (Lipinski definition) is 3. The smallest absolute Gasteiger partial charge is 0.255 e. The van der Waals surface area contributed by atoms with Gasteiger partial charge < -0.3 is 15.6 Å². The number of halogens is 1. The Bertz CT molecular complexity index is 366. The molecule has 0 aliphatic rings. The van der Waals surface area contributed by atoms with Crippen molar-refractivity contribution in [2.45, 2.75) is 13.0 Å². The molecular formula is C10H12BrNO3. The fraction of sp³-hybridized carbons (Fsp3) is 0.300. The molecule has 0 unspecified atom stereocenters. The Morgan fingerprint density at radius 1 is 1.67 bits per heavy atom. The minimum Gasteiger partial charge on any atom is -0.483 e. The number of amides is 1. The first-order valence-corrected chi connectivity index (χ1v) is 5.18. The fourth-order valence-electron chi connectivity index (χ4n) is 1.13. The summed E-state index contributed by atoms with van der Waals surface area (Å²) in [6.07, 6.45) is -0.652. The van der Waals surface area contributed by atoms with Gasteiger partial charge in [-0.05, 0) is 19.1 Å². The third-order valence-electron chi connectivity index (χ3n) is 1.80. The maximum atomic E-state index is 10.6. The van der Waals surface area contributed by atoms with Gasteiger partial charge in [0.25, 0.3) is 5.91 Å². The van der Waals surface area contributed by atoms with Gasteiger partial charge in [-0.2, -0.15) is 0 Å². The highest BCUT2D eigenvalue weighted by Gasteiger charge is 2.10. The number of carbonyl (C=O) groups excluding carboxylic acids is 1. The van der Waals surface area contributed by atoms with Crippen molar-refractivity contribution in [2.24, 2.45) is 5.73 Å². The Morgan fingerprint density at radius 3 is 2.87 bits per heavy atom. The van der Waals surface area contributed by atoms with Crippen molar-refractivity contribution < 1.29 is 14.6 Å².